The standard InChI is InChI=1S/C25H35F2NO3/c1-2-28-24(31)13-9-4-3-8-12-20-21(23(30)18-22(20)29)15-17-25(26,27)16-14-19-10-6-5-7-11-19/h3,5-8,10-11,15,17,20-23,29-30H,2,4,9,12-14,16,18H2,1H3,(H,28,31)/b8-3+,17-15+/t20-,21-,22+,23-/m1/s1. The third kappa shape index (κ3) is 8.91. The van der Waals surface area contributed by atoms with Gasteiger partial charge in [0.05, 0.1) is 12.2 Å². The third-order valence-electron chi connectivity index (χ3n) is 5.79. The number of aryl methyl sites for hydroxylation is 1. The summed E-state index contributed by atoms with van der Waals surface area (Å²) in [6.07, 6.45) is 7.21. The van der Waals surface area contributed by atoms with Crippen LogP contribution in [0.2, 0.25) is 0 Å². The minimum Gasteiger partial charge on any atom is -0.393 e. The van der Waals surface area contributed by atoms with E-state index in [-0.39, 0.29) is 31.1 Å². The Morgan fingerprint density at radius 3 is 2.65 bits per heavy atom. The van der Waals surface area contributed by atoms with Crippen molar-refractivity contribution >= 4 is 5.91 Å². The molecule has 1 amide bonds. The largest absolute Gasteiger partial charge is 0.393 e. The molecule has 0 spiro atoms. The quantitative estimate of drug-likeness (QED) is 0.336. The van der Waals surface area contributed by atoms with E-state index in [1.165, 1.54) is 6.08 Å². The number of nitrogens with one attached hydrogen (secondary N) is 1. The molecule has 1 aromatic rings. The summed E-state index contributed by atoms with van der Waals surface area (Å²) in [5, 5.41) is 23.3. The minimum absolute atomic E-state index is 0.0311. The molecule has 6 heteroatoms. The Kier molecular flexibility index (Phi) is 10.3. The summed E-state index contributed by atoms with van der Waals surface area (Å²) in [4.78, 5) is 11.4. The maximum atomic E-state index is 14.3. The van der Waals surface area contributed by atoms with Crippen LogP contribution in [0.1, 0.15) is 51.0 Å². The van der Waals surface area contributed by atoms with Crippen LogP contribution in [0, 0.1) is 11.8 Å². The molecule has 3 N–H and O–H groups in total. The van der Waals surface area contributed by atoms with Crippen LogP contribution < -0.4 is 5.32 Å². The second-order valence-corrected chi connectivity index (χ2v) is 8.27. The molecule has 4 atom stereocenters. The lowest BCUT2D eigenvalue weighted by Gasteiger charge is -2.20. The zero-order chi connectivity index (χ0) is 22.7. The molecular formula is C25H35F2NO3. The number of allylic oxidation sites excluding steroid dienone is 3. The number of hydrogen-bond donors (Lipinski definition) is 3. The molecule has 0 bridgehead atoms. The molecule has 1 fully saturated rings. The van der Waals surface area contributed by atoms with Crippen LogP contribution in [0.4, 0.5) is 8.78 Å². The van der Waals surface area contributed by atoms with E-state index in [0.717, 1.165) is 24.5 Å². The molecule has 4 nitrogen and oxygen atoms in total. The van der Waals surface area contributed by atoms with Crippen molar-refractivity contribution in [3.8, 4) is 0 Å². The van der Waals surface area contributed by atoms with Crippen molar-refractivity contribution in [2.24, 2.45) is 11.8 Å². The maximum Gasteiger partial charge on any atom is 0.266 e. The van der Waals surface area contributed by atoms with Gasteiger partial charge in [0, 0.05) is 31.7 Å². The average Bonchev–Trinajstić information content (AvgIpc) is 3.01. The Hall–Kier alpha value is -2.05. The Bertz CT molecular complexity index is 721. The first kappa shape index (κ1) is 25.2. The van der Waals surface area contributed by atoms with Crippen molar-refractivity contribution in [3.05, 3.63) is 60.2 Å². The normalized spacial score (nSPS) is 24.3. The first-order chi connectivity index (χ1) is 14.8. The van der Waals surface area contributed by atoms with Crippen molar-refractivity contribution in [3.63, 3.8) is 0 Å². The molecule has 0 saturated heterocycles. The molecule has 1 aliphatic carbocycles. The molecular weight excluding hydrogens is 400 g/mol. The van der Waals surface area contributed by atoms with Crippen LogP contribution in [0.3, 0.4) is 0 Å². The summed E-state index contributed by atoms with van der Waals surface area (Å²) >= 11 is 0. The molecule has 0 unspecified atom stereocenters. The van der Waals surface area contributed by atoms with Crippen LogP contribution in [0.25, 0.3) is 0 Å². The van der Waals surface area contributed by atoms with Crippen molar-refractivity contribution in [2.45, 2.75) is 70.0 Å². The predicted molar refractivity (Wildman–Crippen MR) is 119 cm³/mol. The zero-order valence-corrected chi connectivity index (χ0v) is 18.2. The van der Waals surface area contributed by atoms with Gasteiger partial charge < -0.3 is 15.5 Å². The summed E-state index contributed by atoms with van der Waals surface area (Å²) in [6, 6.07) is 9.17. The maximum absolute atomic E-state index is 14.3. The van der Waals surface area contributed by atoms with Gasteiger partial charge in [-0.2, -0.15) is 0 Å². The number of carbonyl (C=O) groups excluding carboxylic acids is 1. The van der Waals surface area contributed by atoms with Crippen LogP contribution >= 0.6 is 0 Å². The highest BCUT2D eigenvalue weighted by molar-refractivity contribution is 5.75. The fourth-order valence-electron chi connectivity index (χ4n) is 4.03. The van der Waals surface area contributed by atoms with E-state index in [2.05, 4.69) is 5.32 Å². The van der Waals surface area contributed by atoms with Gasteiger partial charge in [-0.25, -0.2) is 8.78 Å². The van der Waals surface area contributed by atoms with Gasteiger partial charge in [-0.05, 0) is 50.2 Å². The molecule has 0 heterocycles. The monoisotopic (exact) mass is 435 g/mol. The molecule has 0 radical (unpaired) electrons. The first-order valence-electron chi connectivity index (χ1n) is 11.2. The summed E-state index contributed by atoms with van der Waals surface area (Å²) in [6.45, 7) is 2.50. The molecule has 1 aromatic carbocycles. The van der Waals surface area contributed by atoms with E-state index < -0.39 is 24.0 Å². The van der Waals surface area contributed by atoms with Gasteiger partial charge in [0.1, 0.15) is 0 Å². The lowest BCUT2D eigenvalue weighted by molar-refractivity contribution is -0.121. The number of aliphatic hydroxyl groups is 2. The predicted octanol–water partition coefficient (Wildman–Crippen LogP) is 4.42. The minimum atomic E-state index is -2.97. The van der Waals surface area contributed by atoms with Crippen LogP contribution in [-0.4, -0.2) is 40.8 Å². The van der Waals surface area contributed by atoms with Gasteiger partial charge in [-0.15, -0.1) is 0 Å². The third-order valence-corrected chi connectivity index (χ3v) is 5.79. The van der Waals surface area contributed by atoms with Gasteiger partial charge in [0.15, 0.2) is 0 Å². The number of hydrogen-bond acceptors (Lipinski definition) is 3. The fourth-order valence-corrected chi connectivity index (χ4v) is 4.03. The lowest BCUT2D eigenvalue weighted by Crippen LogP contribution is -2.22. The number of aliphatic hydroxyl groups excluding tert-OH is 2. The molecule has 1 saturated carbocycles. The van der Waals surface area contributed by atoms with Gasteiger partial charge in [0.25, 0.3) is 5.92 Å². The van der Waals surface area contributed by atoms with E-state index >= 15 is 0 Å². The molecule has 0 aliphatic heterocycles. The lowest BCUT2D eigenvalue weighted by atomic mass is 9.89. The van der Waals surface area contributed by atoms with Crippen molar-refractivity contribution in [1.29, 1.82) is 0 Å². The Morgan fingerprint density at radius 1 is 1.19 bits per heavy atom. The van der Waals surface area contributed by atoms with E-state index in [4.69, 9.17) is 0 Å². The first-order valence-corrected chi connectivity index (χ1v) is 11.2. The highest BCUT2D eigenvalue weighted by Crippen LogP contribution is 2.37. The van der Waals surface area contributed by atoms with Gasteiger partial charge >= 0.3 is 0 Å². The highest BCUT2D eigenvalue weighted by Gasteiger charge is 2.40. The number of rotatable bonds is 12. The number of alkyl halides is 2. The molecule has 1 aliphatic rings. The smallest absolute Gasteiger partial charge is 0.266 e. The topological polar surface area (TPSA) is 69.6 Å². The van der Waals surface area contributed by atoms with E-state index in [9.17, 15) is 23.8 Å². The summed E-state index contributed by atoms with van der Waals surface area (Å²) < 4.78 is 28.7. The Balaban J connectivity index is 1.84. The molecule has 31 heavy (non-hydrogen) atoms. The van der Waals surface area contributed by atoms with Crippen LogP contribution in [-0.2, 0) is 11.2 Å². The highest BCUT2D eigenvalue weighted by atomic mass is 19.3. The molecule has 2 rings (SSSR count). The van der Waals surface area contributed by atoms with Gasteiger partial charge in [0.2, 0.25) is 5.91 Å². The van der Waals surface area contributed by atoms with Gasteiger partial charge in [-0.3, -0.25) is 4.79 Å². The van der Waals surface area contributed by atoms with Crippen molar-refractivity contribution in [1.82, 2.24) is 5.32 Å². The second kappa shape index (κ2) is 12.7. The zero-order valence-electron chi connectivity index (χ0n) is 18.2. The number of amides is 1. The van der Waals surface area contributed by atoms with E-state index in [1.54, 1.807) is 0 Å². The van der Waals surface area contributed by atoms with Gasteiger partial charge in [-0.1, -0.05) is 48.6 Å². The van der Waals surface area contributed by atoms with E-state index in [0.29, 0.717) is 19.4 Å². The average molecular weight is 436 g/mol. The SMILES string of the molecule is CCNC(=O)CCC/C=C/C[C@@H]1[C@@H](/C=C/C(F)(F)CCc2ccccc2)[C@H](O)C[C@@H]1O. The Labute approximate surface area is 184 Å². The summed E-state index contributed by atoms with van der Waals surface area (Å²) in [7, 11) is 0. The Morgan fingerprint density at radius 2 is 1.94 bits per heavy atom. The number of benzene rings is 1. The summed E-state index contributed by atoms with van der Waals surface area (Å²) in [5.41, 5.74) is 0.863. The van der Waals surface area contributed by atoms with E-state index in [1.807, 2.05) is 49.4 Å². The van der Waals surface area contributed by atoms with Crippen molar-refractivity contribution in [2.75, 3.05) is 6.54 Å². The second-order valence-electron chi connectivity index (χ2n) is 8.27. The van der Waals surface area contributed by atoms with Crippen LogP contribution in [0.5, 0.6) is 0 Å². The summed E-state index contributed by atoms with van der Waals surface area (Å²) in [5.74, 6) is -3.74. The fraction of sp³-hybridized carbons (Fsp3) is 0.560. The van der Waals surface area contributed by atoms with Crippen LogP contribution in [0.15, 0.2) is 54.6 Å². The molecule has 0 aromatic heterocycles. The number of unbranched alkanes of at least 4 members (excludes halogenated alkanes) is 1. The number of carbonyl (C=O) groups is 1. The van der Waals surface area contributed by atoms with Crippen molar-refractivity contribution < 1.29 is 23.8 Å². The number of halogens is 2. The molecule has 172 valence electrons.